The zero-order valence-electron chi connectivity index (χ0n) is 59.2. The third-order valence-corrected chi connectivity index (χ3v) is 22.6. The summed E-state index contributed by atoms with van der Waals surface area (Å²) in [5.74, 6) is 0.777. The van der Waals surface area contributed by atoms with Crippen molar-refractivity contribution in [3.05, 3.63) is 228 Å². The quantitative estimate of drug-likeness (QED) is 0.0303. The average molecular weight is 1260 g/mol. The van der Waals surface area contributed by atoms with Crippen molar-refractivity contribution in [3.8, 4) is 78.4 Å². The highest BCUT2D eigenvalue weighted by molar-refractivity contribution is 6.25. The Morgan fingerprint density at radius 2 is 0.542 bits per heavy atom. The maximum atomic E-state index is 5.84. The van der Waals surface area contributed by atoms with Crippen LogP contribution < -0.4 is 0 Å². The Bertz CT molecular complexity index is 4380. The van der Waals surface area contributed by atoms with Crippen LogP contribution in [0.4, 0.5) is 0 Å². The van der Waals surface area contributed by atoms with Crippen LogP contribution in [0.25, 0.3) is 111 Å². The van der Waals surface area contributed by atoms with Gasteiger partial charge in [-0.05, 0) is 169 Å². The summed E-state index contributed by atoms with van der Waals surface area (Å²) < 4.78 is 0. The highest BCUT2D eigenvalue weighted by atomic mass is 14.9. The van der Waals surface area contributed by atoms with Crippen LogP contribution in [0.1, 0.15) is 241 Å². The van der Waals surface area contributed by atoms with Crippen molar-refractivity contribution in [2.24, 2.45) is 0 Å². The zero-order chi connectivity index (χ0) is 65.9. The van der Waals surface area contributed by atoms with Crippen LogP contribution in [0.5, 0.6) is 0 Å². The first-order valence-corrected chi connectivity index (χ1v) is 38.2. The Balaban J connectivity index is 0.972. The van der Waals surface area contributed by atoms with E-state index in [0.29, 0.717) is 0 Å². The predicted molar refractivity (Wildman–Crippen MR) is 416 cm³/mol. The normalized spacial score (nSPS) is 13.4. The fourth-order valence-corrected chi connectivity index (χ4v) is 17.3. The molecule has 10 aromatic carbocycles. The second-order valence-corrected chi connectivity index (χ2v) is 29.3. The van der Waals surface area contributed by atoms with E-state index in [9.17, 15) is 0 Å². The number of rotatable bonds is 33. The van der Waals surface area contributed by atoms with Gasteiger partial charge in [-0.25, -0.2) is 9.97 Å². The van der Waals surface area contributed by atoms with E-state index in [1.807, 2.05) is 0 Å². The molecule has 0 bridgehead atoms. The Labute approximate surface area is 576 Å². The number of fused-ring (bicyclic) bond motifs is 12. The largest absolute Gasteiger partial charge is 0.228 e. The van der Waals surface area contributed by atoms with Crippen molar-refractivity contribution < 1.29 is 0 Å². The van der Waals surface area contributed by atoms with E-state index in [2.05, 4.69) is 236 Å². The zero-order valence-corrected chi connectivity index (χ0v) is 59.2. The lowest BCUT2D eigenvalue weighted by atomic mass is 9.70. The minimum absolute atomic E-state index is 0.0574. The third kappa shape index (κ3) is 14.0. The van der Waals surface area contributed by atoms with Gasteiger partial charge >= 0.3 is 0 Å². The summed E-state index contributed by atoms with van der Waals surface area (Å²) in [5, 5.41) is 7.61. The van der Waals surface area contributed by atoms with Crippen molar-refractivity contribution in [1.82, 2.24) is 9.97 Å². The number of aryl methyl sites for hydroxylation is 2. The number of unbranched alkanes of at least 4 members (excludes halogenated alkanes) is 20. The predicted octanol–water partition coefficient (Wildman–Crippen LogP) is 28.4. The Kier molecular flexibility index (Phi) is 21.6. The first kappa shape index (κ1) is 66.7. The van der Waals surface area contributed by atoms with Gasteiger partial charge in [0.2, 0.25) is 0 Å². The van der Waals surface area contributed by atoms with E-state index in [4.69, 9.17) is 9.97 Å². The molecule has 0 spiro atoms. The summed E-state index contributed by atoms with van der Waals surface area (Å²) in [5.41, 5.74) is 24.7. The van der Waals surface area contributed by atoms with Crippen LogP contribution in [-0.2, 0) is 10.8 Å². The van der Waals surface area contributed by atoms with Crippen molar-refractivity contribution in [1.29, 1.82) is 0 Å². The van der Waals surface area contributed by atoms with Crippen molar-refractivity contribution >= 4 is 32.3 Å². The number of hydrogen-bond donors (Lipinski definition) is 0. The van der Waals surface area contributed by atoms with Gasteiger partial charge in [-0.1, -0.05) is 357 Å². The molecule has 0 radical (unpaired) electrons. The van der Waals surface area contributed by atoms with E-state index < -0.39 is 0 Å². The summed E-state index contributed by atoms with van der Waals surface area (Å²) in [7, 11) is 0. The molecule has 2 aliphatic rings. The average Bonchev–Trinajstić information content (AvgIpc) is 1.47. The molecular weight excluding hydrogens is 1160 g/mol. The lowest BCUT2D eigenvalue weighted by molar-refractivity contribution is 0.398. The van der Waals surface area contributed by atoms with Gasteiger partial charge in [0.25, 0.3) is 0 Å². The van der Waals surface area contributed by atoms with Crippen LogP contribution >= 0.6 is 0 Å². The Morgan fingerprint density at radius 1 is 0.240 bits per heavy atom. The van der Waals surface area contributed by atoms with Crippen LogP contribution in [0, 0.1) is 13.8 Å². The Morgan fingerprint density at radius 3 is 0.969 bits per heavy atom. The second kappa shape index (κ2) is 31.1. The molecule has 2 aliphatic carbocycles. The number of aromatic nitrogens is 2. The molecule has 11 aromatic rings. The van der Waals surface area contributed by atoms with Crippen LogP contribution in [0.2, 0.25) is 0 Å². The van der Waals surface area contributed by atoms with Crippen LogP contribution in [-0.4, -0.2) is 9.97 Å². The topological polar surface area (TPSA) is 25.8 Å². The summed E-state index contributed by atoms with van der Waals surface area (Å²) in [6, 6.07) is 75.6. The summed E-state index contributed by atoms with van der Waals surface area (Å²) in [4.78, 5) is 11.7. The molecule has 0 N–H and O–H groups in total. The SMILES string of the molecule is CCCCCCCCC1(CCCCCCCC)c2cc(C)ccc2-c2ccc(-c3cc(-c4ccc5c(c4)C(CCCCCCCC)(CCCCCCCC)c4cc(-c6ccc(-c7ccc(C)cc7)cc6)ccc4-5)nc(-c4ccc5c6ccccc6c6ccccc6c5c4)n3)cc21. The Hall–Kier alpha value is -7.94. The molecule has 1 aromatic heterocycles. The van der Waals surface area contributed by atoms with Gasteiger partial charge in [0.1, 0.15) is 0 Å². The molecule has 2 heteroatoms. The van der Waals surface area contributed by atoms with Crippen LogP contribution in [0.3, 0.4) is 0 Å². The first-order valence-electron chi connectivity index (χ1n) is 38.2. The van der Waals surface area contributed by atoms with Gasteiger partial charge in [0, 0.05) is 27.5 Å². The number of nitrogens with zero attached hydrogens (tertiary/aromatic N) is 2. The molecule has 2 nitrogen and oxygen atoms in total. The highest BCUT2D eigenvalue weighted by Crippen LogP contribution is 2.58. The molecule has 0 atom stereocenters. The van der Waals surface area contributed by atoms with Gasteiger partial charge in [-0.3, -0.25) is 0 Å². The van der Waals surface area contributed by atoms with E-state index in [0.717, 1.165) is 35.6 Å². The minimum Gasteiger partial charge on any atom is -0.228 e. The molecule has 13 rings (SSSR count). The number of benzene rings is 10. The van der Waals surface area contributed by atoms with Gasteiger partial charge < -0.3 is 0 Å². The molecule has 0 saturated heterocycles. The maximum Gasteiger partial charge on any atom is 0.160 e. The van der Waals surface area contributed by atoms with Crippen molar-refractivity contribution in [3.63, 3.8) is 0 Å². The molecule has 0 aliphatic heterocycles. The fourth-order valence-electron chi connectivity index (χ4n) is 17.3. The van der Waals surface area contributed by atoms with Crippen molar-refractivity contribution in [2.75, 3.05) is 0 Å². The molecular formula is C94H106N2. The number of hydrogen-bond acceptors (Lipinski definition) is 2. The molecule has 1 heterocycles. The lowest BCUT2D eigenvalue weighted by Crippen LogP contribution is -2.26. The maximum absolute atomic E-state index is 5.84. The minimum atomic E-state index is -0.141. The van der Waals surface area contributed by atoms with E-state index in [1.165, 1.54) is 283 Å². The highest BCUT2D eigenvalue weighted by Gasteiger charge is 2.44. The van der Waals surface area contributed by atoms with Crippen molar-refractivity contribution in [2.45, 2.75) is 232 Å². The van der Waals surface area contributed by atoms with Crippen LogP contribution in [0.15, 0.2) is 194 Å². The standard InChI is InChI=1S/C94H106N2/c1-7-11-15-19-23-31-57-93(58-32-24-20-16-12-8-2)86-61-68(6)41-52-81(86)83-55-49-73(64-88(83)93)90-66-91(96-92(95-90)75-51-53-80-78-37-28-27-35-76(78)77-36-29-30-38-79(77)85(80)62-75)74-50-56-84-82-54-48-72(71-46-44-70(45-47-71)69-42-39-67(5)40-43-69)63-87(82)94(89(84)65-74,59-33-25-21-17-13-9-3)60-34-26-22-18-14-10-4/h27-30,35-56,61-66H,7-26,31-34,57-60H2,1-6H3. The molecule has 0 unspecified atom stereocenters. The molecule has 0 fully saturated rings. The van der Waals surface area contributed by atoms with E-state index in [1.54, 1.807) is 5.56 Å². The fraction of sp³-hybridized carbons (Fsp3) is 0.383. The smallest absolute Gasteiger partial charge is 0.160 e. The van der Waals surface area contributed by atoms with Gasteiger partial charge in [0.15, 0.2) is 5.82 Å². The van der Waals surface area contributed by atoms with Gasteiger partial charge in [0.05, 0.1) is 11.4 Å². The van der Waals surface area contributed by atoms with Gasteiger partial charge in [-0.2, -0.15) is 0 Å². The molecule has 96 heavy (non-hydrogen) atoms. The molecule has 0 saturated carbocycles. The second-order valence-electron chi connectivity index (χ2n) is 29.3. The van der Waals surface area contributed by atoms with E-state index >= 15 is 0 Å². The molecule has 492 valence electrons. The van der Waals surface area contributed by atoms with Gasteiger partial charge in [-0.15, -0.1) is 0 Å². The third-order valence-electron chi connectivity index (χ3n) is 22.6. The van der Waals surface area contributed by atoms with E-state index in [-0.39, 0.29) is 10.8 Å². The first-order chi connectivity index (χ1) is 47.2. The summed E-state index contributed by atoms with van der Waals surface area (Å²) >= 11 is 0. The summed E-state index contributed by atoms with van der Waals surface area (Å²) in [6.07, 6.45) is 35.6. The lowest BCUT2D eigenvalue weighted by Gasteiger charge is -2.33. The monoisotopic (exact) mass is 1260 g/mol. The summed E-state index contributed by atoms with van der Waals surface area (Å²) in [6.45, 7) is 13.8. The molecule has 0 amide bonds.